The molecule has 0 radical (unpaired) electrons. The Balaban J connectivity index is 0.00000450. The van der Waals surface area contributed by atoms with Gasteiger partial charge in [-0.25, -0.2) is 0 Å². The number of rotatable bonds is 9. The van der Waals surface area contributed by atoms with Crippen LogP contribution in [0.4, 0.5) is 18.9 Å². The summed E-state index contributed by atoms with van der Waals surface area (Å²) in [6, 6.07) is 5.46. The van der Waals surface area contributed by atoms with Crippen LogP contribution in [0.3, 0.4) is 0 Å². The topological polar surface area (TPSA) is 72.1 Å². The van der Waals surface area contributed by atoms with Gasteiger partial charge in [-0.1, -0.05) is 0 Å². The van der Waals surface area contributed by atoms with Gasteiger partial charge in [0.05, 0.1) is 25.4 Å². The first-order chi connectivity index (χ1) is 13.8. The second-order valence-corrected chi connectivity index (χ2v) is 7.04. The van der Waals surface area contributed by atoms with Crippen LogP contribution in [-0.2, 0) is 0 Å². The Hall–Kier alpha value is -1.43. The number of anilines is 1. The van der Waals surface area contributed by atoms with Gasteiger partial charge in [0.15, 0.2) is 5.96 Å². The molecule has 0 saturated carbocycles. The minimum atomic E-state index is -4.13. The summed E-state index contributed by atoms with van der Waals surface area (Å²) in [5.74, 6) is 2.01. The predicted octanol–water partition coefficient (Wildman–Crippen LogP) is 4.49. The normalized spacial score (nSPS) is 16.1. The molecule has 1 aliphatic rings. The van der Waals surface area contributed by atoms with Gasteiger partial charge in [-0.15, -0.1) is 24.0 Å². The van der Waals surface area contributed by atoms with Crippen LogP contribution in [-0.4, -0.2) is 56.4 Å². The molecule has 0 unspecified atom stereocenters. The molecule has 0 atom stereocenters. The minimum absolute atomic E-state index is 0. The van der Waals surface area contributed by atoms with Crippen molar-refractivity contribution in [1.29, 1.82) is 0 Å². The zero-order valence-corrected chi connectivity index (χ0v) is 19.8. The Kier molecular flexibility index (Phi) is 11.6. The van der Waals surface area contributed by atoms with E-state index in [1.807, 2.05) is 32.0 Å². The number of hydrogen-bond acceptors (Lipinski definition) is 4. The highest BCUT2D eigenvalue weighted by Gasteiger charge is 2.32. The molecule has 1 aromatic carbocycles. The van der Waals surface area contributed by atoms with Crippen molar-refractivity contribution in [2.75, 3.05) is 44.7 Å². The molecule has 0 amide bonds. The summed E-state index contributed by atoms with van der Waals surface area (Å²) < 4.78 is 48.5. The number of benzene rings is 1. The van der Waals surface area contributed by atoms with Gasteiger partial charge in [-0.2, -0.15) is 13.2 Å². The minimum Gasteiger partial charge on any atom is -0.494 e. The molecule has 1 aromatic rings. The van der Waals surface area contributed by atoms with Crippen molar-refractivity contribution in [3.05, 3.63) is 18.2 Å². The van der Waals surface area contributed by atoms with Crippen molar-refractivity contribution in [2.45, 2.75) is 39.3 Å². The van der Waals surface area contributed by atoms with Crippen molar-refractivity contribution in [2.24, 2.45) is 16.6 Å². The molecule has 0 spiro atoms. The number of nitrogens with two attached hydrogens (primary N) is 1. The van der Waals surface area contributed by atoms with Gasteiger partial charge in [0.2, 0.25) is 0 Å². The van der Waals surface area contributed by atoms with E-state index in [1.165, 1.54) is 4.90 Å². The summed E-state index contributed by atoms with van der Waals surface area (Å²) in [6.07, 6.45) is -1.82. The molecule has 10 heteroatoms. The highest BCUT2D eigenvalue weighted by atomic mass is 127. The average molecular weight is 544 g/mol. The number of ether oxygens (including phenoxy) is 2. The molecular weight excluding hydrogens is 512 g/mol. The summed E-state index contributed by atoms with van der Waals surface area (Å²) >= 11 is 0. The van der Waals surface area contributed by atoms with E-state index in [1.54, 1.807) is 0 Å². The molecule has 0 aromatic heterocycles. The van der Waals surface area contributed by atoms with Crippen molar-refractivity contribution < 1.29 is 22.6 Å². The SMILES string of the molecule is CCOc1ccc(OCC)c(NC(N)=NCCC2CCN(CC(F)(F)F)CC2)c1.I. The third-order valence-electron chi connectivity index (χ3n) is 4.75. The van der Waals surface area contributed by atoms with Gasteiger partial charge in [-0.05, 0) is 64.3 Å². The fraction of sp³-hybridized carbons (Fsp3) is 0.650. The number of nitrogens with one attached hydrogen (secondary N) is 1. The van der Waals surface area contributed by atoms with Crippen LogP contribution >= 0.6 is 24.0 Å². The van der Waals surface area contributed by atoms with Gasteiger partial charge in [0, 0.05) is 12.6 Å². The van der Waals surface area contributed by atoms with Crippen LogP contribution in [0.5, 0.6) is 11.5 Å². The largest absolute Gasteiger partial charge is 0.494 e. The number of aliphatic imine (C=N–C) groups is 1. The third kappa shape index (κ3) is 9.59. The molecule has 2 rings (SSSR count). The van der Waals surface area contributed by atoms with E-state index in [4.69, 9.17) is 15.2 Å². The zero-order chi connectivity index (χ0) is 21.3. The zero-order valence-electron chi connectivity index (χ0n) is 17.5. The summed E-state index contributed by atoms with van der Waals surface area (Å²) in [4.78, 5) is 5.83. The monoisotopic (exact) mass is 544 g/mol. The van der Waals surface area contributed by atoms with Crippen LogP contribution < -0.4 is 20.5 Å². The van der Waals surface area contributed by atoms with Crippen LogP contribution in [0, 0.1) is 5.92 Å². The quantitative estimate of drug-likeness (QED) is 0.272. The third-order valence-corrected chi connectivity index (χ3v) is 4.75. The van der Waals surface area contributed by atoms with Gasteiger partial charge in [-0.3, -0.25) is 9.89 Å². The number of alkyl halides is 3. The van der Waals surface area contributed by atoms with Gasteiger partial charge >= 0.3 is 6.18 Å². The number of piperidine rings is 1. The molecule has 1 fully saturated rings. The molecule has 1 aliphatic heterocycles. The maximum absolute atomic E-state index is 12.5. The molecule has 1 heterocycles. The first-order valence-electron chi connectivity index (χ1n) is 10.1. The van der Waals surface area contributed by atoms with Crippen LogP contribution in [0.15, 0.2) is 23.2 Å². The van der Waals surface area contributed by atoms with Crippen molar-refractivity contribution in [1.82, 2.24) is 4.90 Å². The first-order valence-corrected chi connectivity index (χ1v) is 10.1. The lowest BCUT2D eigenvalue weighted by molar-refractivity contribution is -0.148. The van der Waals surface area contributed by atoms with E-state index in [-0.39, 0.29) is 29.9 Å². The molecule has 30 heavy (non-hydrogen) atoms. The highest BCUT2D eigenvalue weighted by molar-refractivity contribution is 14.0. The maximum Gasteiger partial charge on any atom is 0.401 e. The Labute approximate surface area is 193 Å². The standard InChI is InChI=1S/C20H31F3N4O2.HI/c1-3-28-16-5-6-18(29-4-2)17(13-16)26-19(24)25-10-7-15-8-11-27(12-9-15)14-20(21,22)23;/h5-6,13,15H,3-4,7-12,14H2,1-2H3,(H3,24,25,26);1H. The van der Waals surface area contributed by atoms with E-state index < -0.39 is 12.7 Å². The summed E-state index contributed by atoms with van der Waals surface area (Å²) in [6.45, 7) is 5.54. The fourth-order valence-corrected chi connectivity index (χ4v) is 3.38. The fourth-order valence-electron chi connectivity index (χ4n) is 3.38. The van der Waals surface area contributed by atoms with E-state index in [2.05, 4.69) is 10.3 Å². The van der Waals surface area contributed by atoms with Crippen molar-refractivity contribution >= 4 is 35.6 Å². The van der Waals surface area contributed by atoms with Crippen LogP contribution in [0.25, 0.3) is 0 Å². The Morgan fingerprint density at radius 3 is 2.47 bits per heavy atom. The van der Waals surface area contributed by atoms with Gasteiger partial charge in [0.1, 0.15) is 11.5 Å². The molecule has 172 valence electrons. The Morgan fingerprint density at radius 2 is 1.87 bits per heavy atom. The molecule has 6 nitrogen and oxygen atoms in total. The number of guanidine groups is 1. The summed E-state index contributed by atoms with van der Waals surface area (Å²) in [5, 5.41) is 3.05. The smallest absolute Gasteiger partial charge is 0.401 e. The summed E-state index contributed by atoms with van der Waals surface area (Å²) in [7, 11) is 0. The average Bonchev–Trinajstić information content (AvgIpc) is 2.64. The second kappa shape index (κ2) is 13.1. The molecule has 0 aliphatic carbocycles. The van der Waals surface area contributed by atoms with E-state index in [0.29, 0.717) is 56.0 Å². The van der Waals surface area contributed by atoms with Gasteiger partial charge < -0.3 is 20.5 Å². The highest BCUT2D eigenvalue weighted by Crippen LogP contribution is 2.29. The number of nitrogens with zero attached hydrogens (tertiary/aromatic N) is 2. The van der Waals surface area contributed by atoms with Crippen LogP contribution in [0.1, 0.15) is 33.1 Å². The molecule has 3 N–H and O–H groups in total. The van der Waals surface area contributed by atoms with Gasteiger partial charge in [0.25, 0.3) is 0 Å². The van der Waals surface area contributed by atoms with Crippen molar-refractivity contribution in [3.63, 3.8) is 0 Å². The number of likely N-dealkylation sites (tertiary alicyclic amines) is 1. The summed E-state index contributed by atoms with van der Waals surface area (Å²) in [5.41, 5.74) is 6.69. The van der Waals surface area contributed by atoms with E-state index in [0.717, 1.165) is 19.3 Å². The van der Waals surface area contributed by atoms with Crippen molar-refractivity contribution in [3.8, 4) is 11.5 Å². The molecular formula is C20H32F3IN4O2. The van der Waals surface area contributed by atoms with E-state index >= 15 is 0 Å². The Morgan fingerprint density at radius 1 is 1.20 bits per heavy atom. The van der Waals surface area contributed by atoms with E-state index in [9.17, 15) is 13.2 Å². The lowest BCUT2D eigenvalue weighted by Gasteiger charge is -2.32. The predicted molar refractivity (Wildman–Crippen MR) is 124 cm³/mol. The number of halogens is 4. The Bertz CT molecular complexity index is 666. The number of hydrogen-bond donors (Lipinski definition) is 2. The first kappa shape index (κ1) is 26.6. The molecule has 1 saturated heterocycles. The van der Waals surface area contributed by atoms with Crippen LogP contribution in [0.2, 0.25) is 0 Å². The second-order valence-electron chi connectivity index (χ2n) is 7.04. The molecule has 0 bridgehead atoms. The maximum atomic E-state index is 12.5. The lowest BCUT2D eigenvalue weighted by Crippen LogP contribution is -2.40. The lowest BCUT2D eigenvalue weighted by atomic mass is 9.93.